The molecule has 0 aliphatic carbocycles. The highest BCUT2D eigenvalue weighted by Crippen LogP contribution is 2.39. The van der Waals surface area contributed by atoms with Crippen LogP contribution in [0.4, 0.5) is 0 Å². The molecule has 0 aromatic carbocycles. The number of ether oxygens (including phenoxy) is 1. The molecule has 4 nitrogen and oxygen atoms in total. The molecule has 112 valence electrons. The highest BCUT2D eigenvalue weighted by atomic mass is 32.1. The molecular weight excluding hydrogens is 282 g/mol. The molecule has 0 bridgehead atoms. The van der Waals surface area contributed by atoms with Crippen LogP contribution in [0.3, 0.4) is 0 Å². The lowest BCUT2D eigenvalue weighted by Crippen LogP contribution is -2.47. The highest BCUT2D eigenvalue weighted by Gasteiger charge is 2.43. The van der Waals surface area contributed by atoms with Gasteiger partial charge >= 0.3 is 0 Å². The van der Waals surface area contributed by atoms with Gasteiger partial charge < -0.3 is 9.30 Å². The second-order valence-corrected chi connectivity index (χ2v) is 7.09. The number of hydrogen-bond acceptors (Lipinski definition) is 4. The first-order valence-electron chi connectivity index (χ1n) is 7.68. The van der Waals surface area contributed by atoms with Gasteiger partial charge in [-0.1, -0.05) is 0 Å². The van der Waals surface area contributed by atoms with E-state index in [4.69, 9.17) is 4.74 Å². The number of likely N-dealkylation sites (tertiary alicyclic amines) is 1. The minimum absolute atomic E-state index is 0.0587. The van der Waals surface area contributed by atoms with Crippen LogP contribution in [0, 0.1) is 0 Å². The smallest absolute Gasteiger partial charge is 0.0949 e. The maximum absolute atomic E-state index is 6.28. The van der Waals surface area contributed by atoms with E-state index in [1.54, 1.807) is 11.3 Å². The summed E-state index contributed by atoms with van der Waals surface area (Å²) in [5.41, 5.74) is 1.49. The zero-order valence-electron chi connectivity index (χ0n) is 12.1. The number of nitrogens with zero attached hydrogens (tertiary/aromatic N) is 3. The van der Waals surface area contributed by atoms with Crippen LogP contribution < -0.4 is 0 Å². The van der Waals surface area contributed by atoms with Crippen molar-refractivity contribution in [1.82, 2.24) is 14.5 Å². The Morgan fingerprint density at radius 3 is 3.29 bits per heavy atom. The molecule has 4 rings (SSSR count). The summed E-state index contributed by atoms with van der Waals surface area (Å²) >= 11 is 1.78. The van der Waals surface area contributed by atoms with Gasteiger partial charge in [-0.05, 0) is 41.8 Å². The Morgan fingerprint density at radius 2 is 2.48 bits per heavy atom. The van der Waals surface area contributed by atoms with Gasteiger partial charge in [-0.2, -0.15) is 11.3 Å². The second kappa shape index (κ2) is 5.55. The Labute approximate surface area is 129 Å². The van der Waals surface area contributed by atoms with Crippen LogP contribution in [0.1, 0.15) is 30.9 Å². The zero-order valence-corrected chi connectivity index (χ0v) is 13.0. The van der Waals surface area contributed by atoms with Gasteiger partial charge in [0.25, 0.3) is 0 Å². The number of rotatable bonds is 3. The topological polar surface area (TPSA) is 30.3 Å². The minimum atomic E-state index is 0.0587. The van der Waals surface area contributed by atoms with E-state index in [0.717, 1.165) is 26.1 Å². The van der Waals surface area contributed by atoms with E-state index >= 15 is 0 Å². The van der Waals surface area contributed by atoms with E-state index in [-0.39, 0.29) is 5.60 Å². The van der Waals surface area contributed by atoms with Gasteiger partial charge in [0, 0.05) is 31.9 Å². The minimum Gasteiger partial charge on any atom is -0.371 e. The average Bonchev–Trinajstić information content (AvgIpc) is 3.20. The summed E-state index contributed by atoms with van der Waals surface area (Å²) < 4.78 is 8.48. The van der Waals surface area contributed by atoms with Crippen LogP contribution in [0.5, 0.6) is 0 Å². The molecule has 2 aromatic heterocycles. The Kier molecular flexibility index (Phi) is 3.57. The van der Waals surface area contributed by atoms with Crippen LogP contribution in [0.15, 0.2) is 35.5 Å². The SMILES string of the molecule is c1cn([C@H]2CO[C@]3(CCCN(Cc4ccsc4)C3)C2)cn1. The number of piperidine rings is 1. The van der Waals surface area contributed by atoms with Crippen molar-refractivity contribution < 1.29 is 4.74 Å². The van der Waals surface area contributed by atoms with Gasteiger partial charge in [-0.25, -0.2) is 4.98 Å². The average molecular weight is 303 g/mol. The van der Waals surface area contributed by atoms with Gasteiger partial charge in [-0.3, -0.25) is 4.90 Å². The van der Waals surface area contributed by atoms with Crippen LogP contribution in [0.25, 0.3) is 0 Å². The first-order valence-corrected chi connectivity index (χ1v) is 8.62. The number of aromatic nitrogens is 2. The van der Waals surface area contributed by atoms with Crippen molar-refractivity contribution in [2.24, 2.45) is 0 Å². The molecule has 0 saturated carbocycles. The van der Waals surface area contributed by atoms with E-state index in [0.29, 0.717) is 6.04 Å². The fourth-order valence-corrected chi connectivity index (χ4v) is 4.41. The summed E-state index contributed by atoms with van der Waals surface area (Å²) in [5.74, 6) is 0. The number of hydrogen-bond donors (Lipinski definition) is 0. The third kappa shape index (κ3) is 2.78. The molecule has 0 unspecified atom stereocenters. The third-order valence-electron chi connectivity index (χ3n) is 4.74. The molecule has 1 spiro atoms. The van der Waals surface area contributed by atoms with Gasteiger partial charge in [0.15, 0.2) is 0 Å². The predicted molar refractivity (Wildman–Crippen MR) is 83.4 cm³/mol. The molecule has 21 heavy (non-hydrogen) atoms. The van der Waals surface area contributed by atoms with Crippen molar-refractivity contribution in [1.29, 1.82) is 0 Å². The van der Waals surface area contributed by atoms with Gasteiger partial charge in [0.05, 0.1) is 24.6 Å². The van der Waals surface area contributed by atoms with Crippen LogP contribution in [-0.4, -0.2) is 39.7 Å². The number of thiophene rings is 1. The summed E-state index contributed by atoms with van der Waals surface area (Å²) in [6, 6.07) is 2.68. The van der Waals surface area contributed by atoms with Crippen molar-refractivity contribution >= 4 is 11.3 Å². The zero-order chi connectivity index (χ0) is 14.1. The second-order valence-electron chi connectivity index (χ2n) is 6.31. The quantitative estimate of drug-likeness (QED) is 0.873. The van der Waals surface area contributed by atoms with E-state index in [9.17, 15) is 0 Å². The molecule has 0 amide bonds. The lowest BCUT2D eigenvalue weighted by molar-refractivity contribution is -0.0534. The Hall–Kier alpha value is -1.17. The lowest BCUT2D eigenvalue weighted by Gasteiger charge is -2.39. The highest BCUT2D eigenvalue weighted by molar-refractivity contribution is 7.07. The van der Waals surface area contributed by atoms with Crippen molar-refractivity contribution in [2.45, 2.75) is 37.5 Å². The van der Waals surface area contributed by atoms with Crippen molar-refractivity contribution in [3.05, 3.63) is 41.1 Å². The van der Waals surface area contributed by atoms with Crippen LogP contribution >= 0.6 is 11.3 Å². The summed E-state index contributed by atoms with van der Waals surface area (Å²) in [6.07, 6.45) is 9.37. The monoisotopic (exact) mass is 303 g/mol. The molecule has 4 heterocycles. The van der Waals surface area contributed by atoms with E-state index in [1.165, 1.54) is 24.9 Å². The largest absolute Gasteiger partial charge is 0.371 e. The standard InChI is InChI=1S/C16H21N3OS/c1-3-16(8-15(10-20-16)19-6-4-17-13-19)12-18(5-1)9-14-2-7-21-11-14/h2,4,6-7,11,13,15H,1,3,5,8-10,12H2/t15-,16-/m1/s1. The molecule has 2 aliphatic heterocycles. The van der Waals surface area contributed by atoms with Crippen molar-refractivity contribution in [3.8, 4) is 0 Å². The summed E-state index contributed by atoms with van der Waals surface area (Å²) in [4.78, 5) is 6.72. The molecule has 2 saturated heterocycles. The maximum Gasteiger partial charge on any atom is 0.0949 e. The maximum atomic E-state index is 6.28. The summed E-state index contributed by atoms with van der Waals surface area (Å²) in [6.45, 7) is 4.14. The Bertz CT molecular complexity index is 568. The van der Waals surface area contributed by atoms with Crippen LogP contribution in [-0.2, 0) is 11.3 Å². The summed E-state index contributed by atoms with van der Waals surface area (Å²) in [5, 5.41) is 4.42. The van der Waals surface area contributed by atoms with Crippen molar-refractivity contribution in [3.63, 3.8) is 0 Å². The number of imidazole rings is 1. The fourth-order valence-electron chi connectivity index (χ4n) is 3.75. The van der Waals surface area contributed by atoms with Gasteiger partial charge in [0.2, 0.25) is 0 Å². The molecular formula is C16H21N3OS. The van der Waals surface area contributed by atoms with E-state index in [2.05, 4.69) is 37.5 Å². The summed E-state index contributed by atoms with van der Waals surface area (Å²) in [7, 11) is 0. The molecule has 2 atom stereocenters. The van der Waals surface area contributed by atoms with Gasteiger partial charge in [-0.15, -0.1) is 0 Å². The van der Waals surface area contributed by atoms with E-state index in [1.807, 2.05) is 12.5 Å². The Balaban J connectivity index is 1.43. The molecule has 0 N–H and O–H groups in total. The van der Waals surface area contributed by atoms with Gasteiger partial charge in [0.1, 0.15) is 0 Å². The first kappa shape index (κ1) is 13.5. The normalized spacial score (nSPS) is 30.2. The first-order chi connectivity index (χ1) is 10.3. The fraction of sp³-hybridized carbons (Fsp3) is 0.562. The lowest BCUT2D eigenvalue weighted by atomic mass is 9.88. The molecule has 0 radical (unpaired) electrons. The molecule has 2 aromatic rings. The van der Waals surface area contributed by atoms with Crippen molar-refractivity contribution in [2.75, 3.05) is 19.7 Å². The molecule has 5 heteroatoms. The Morgan fingerprint density at radius 1 is 1.48 bits per heavy atom. The molecule has 2 fully saturated rings. The van der Waals surface area contributed by atoms with Crippen LogP contribution in [0.2, 0.25) is 0 Å². The third-order valence-corrected chi connectivity index (χ3v) is 5.47. The van der Waals surface area contributed by atoms with E-state index < -0.39 is 0 Å². The molecule has 2 aliphatic rings. The predicted octanol–water partition coefficient (Wildman–Crippen LogP) is 2.94.